The molecule has 23 heavy (non-hydrogen) atoms. The van der Waals surface area contributed by atoms with Crippen LogP contribution in [0, 0.1) is 0 Å². The van der Waals surface area contributed by atoms with E-state index in [-0.39, 0.29) is 11.6 Å². The fraction of sp³-hybridized carbons (Fsp3) is 0.333. The zero-order valence-electron chi connectivity index (χ0n) is 13.6. The van der Waals surface area contributed by atoms with E-state index in [0.29, 0.717) is 0 Å². The molecule has 1 fully saturated rings. The van der Waals surface area contributed by atoms with Gasteiger partial charge in [-0.25, -0.2) is 0 Å². The predicted molar refractivity (Wildman–Crippen MR) is 98.9 cm³/mol. The van der Waals surface area contributed by atoms with Crippen molar-refractivity contribution in [2.24, 2.45) is 11.5 Å². The Bertz CT molecular complexity index is 663. The van der Waals surface area contributed by atoms with Crippen LogP contribution >= 0.6 is 0 Å². The zero-order chi connectivity index (χ0) is 16.1. The highest BCUT2D eigenvalue weighted by Crippen LogP contribution is 2.28. The molecule has 0 aromatic heterocycles. The van der Waals surface area contributed by atoms with Gasteiger partial charge in [0.2, 0.25) is 0 Å². The van der Waals surface area contributed by atoms with Crippen LogP contribution in [0.3, 0.4) is 0 Å². The summed E-state index contributed by atoms with van der Waals surface area (Å²) in [6.07, 6.45) is 9.63. The number of nitrogens with two attached hydrogens (primary N) is 2. The van der Waals surface area contributed by atoms with Crippen LogP contribution in [0.2, 0.25) is 0 Å². The standard InChI is InChI=1S/C21H26N2/c22-20-11-4-5-14-21(20,23)16-19-10-6-9-18(15-19)13-12-17-7-2-1-3-8-17/h1-3,6-10,12-13,15,20H,4-5,11,14,16,22-23H2. The number of benzene rings is 2. The molecular weight excluding hydrogens is 280 g/mol. The van der Waals surface area contributed by atoms with Crippen LogP contribution in [-0.2, 0) is 6.42 Å². The van der Waals surface area contributed by atoms with Crippen LogP contribution in [0.4, 0.5) is 0 Å². The van der Waals surface area contributed by atoms with Gasteiger partial charge in [-0.05, 0) is 36.0 Å². The Kier molecular flexibility index (Phi) is 4.94. The van der Waals surface area contributed by atoms with Crippen molar-refractivity contribution in [3.63, 3.8) is 0 Å². The van der Waals surface area contributed by atoms with Gasteiger partial charge in [-0.2, -0.15) is 0 Å². The molecule has 2 atom stereocenters. The third-order valence-electron chi connectivity index (χ3n) is 4.90. The second kappa shape index (κ2) is 7.12. The molecule has 2 nitrogen and oxygen atoms in total. The summed E-state index contributed by atoms with van der Waals surface area (Å²) in [6.45, 7) is 0. The number of rotatable bonds is 4. The molecule has 0 aliphatic heterocycles. The minimum Gasteiger partial charge on any atom is -0.326 e. The van der Waals surface area contributed by atoms with Crippen molar-refractivity contribution in [1.29, 1.82) is 0 Å². The first-order chi connectivity index (χ1) is 11.2. The lowest BCUT2D eigenvalue weighted by molar-refractivity contribution is 0.251. The normalized spacial score (nSPS) is 24.9. The van der Waals surface area contributed by atoms with Gasteiger partial charge in [-0.3, -0.25) is 0 Å². The van der Waals surface area contributed by atoms with Gasteiger partial charge in [-0.15, -0.1) is 0 Å². The highest BCUT2D eigenvalue weighted by Gasteiger charge is 2.34. The van der Waals surface area contributed by atoms with Crippen LogP contribution in [0.15, 0.2) is 54.6 Å². The highest BCUT2D eigenvalue weighted by atomic mass is 14.9. The van der Waals surface area contributed by atoms with Gasteiger partial charge in [0.25, 0.3) is 0 Å². The van der Waals surface area contributed by atoms with Crippen molar-refractivity contribution in [1.82, 2.24) is 0 Å². The third-order valence-corrected chi connectivity index (χ3v) is 4.90. The van der Waals surface area contributed by atoms with Crippen molar-refractivity contribution in [2.75, 3.05) is 0 Å². The van der Waals surface area contributed by atoms with Crippen molar-refractivity contribution in [2.45, 2.75) is 43.7 Å². The Morgan fingerprint density at radius 1 is 0.957 bits per heavy atom. The summed E-state index contributed by atoms with van der Waals surface area (Å²) in [4.78, 5) is 0. The van der Waals surface area contributed by atoms with Crippen LogP contribution in [0.25, 0.3) is 12.2 Å². The van der Waals surface area contributed by atoms with Crippen LogP contribution in [-0.4, -0.2) is 11.6 Å². The Labute approximate surface area is 139 Å². The van der Waals surface area contributed by atoms with Crippen molar-refractivity contribution in [3.8, 4) is 0 Å². The summed E-state index contributed by atoms with van der Waals surface area (Å²) >= 11 is 0. The molecule has 0 radical (unpaired) electrons. The Morgan fingerprint density at radius 3 is 2.48 bits per heavy atom. The monoisotopic (exact) mass is 306 g/mol. The molecule has 3 rings (SSSR count). The fourth-order valence-electron chi connectivity index (χ4n) is 3.45. The summed E-state index contributed by atoms with van der Waals surface area (Å²) < 4.78 is 0. The molecule has 0 amide bonds. The summed E-state index contributed by atoms with van der Waals surface area (Å²) in [5.74, 6) is 0. The van der Waals surface area contributed by atoms with Gasteiger partial charge in [-0.1, -0.05) is 79.6 Å². The van der Waals surface area contributed by atoms with Gasteiger partial charge in [0.1, 0.15) is 0 Å². The Morgan fingerprint density at radius 2 is 1.70 bits per heavy atom. The first-order valence-corrected chi connectivity index (χ1v) is 8.52. The second-order valence-electron chi connectivity index (χ2n) is 6.75. The Hall–Kier alpha value is -1.90. The van der Waals surface area contributed by atoms with Crippen LogP contribution in [0.5, 0.6) is 0 Å². The number of hydrogen-bond donors (Lipinski definition) is 2. The van der Waals surface area contributed by atoms with Gasteiger partial charge in [0, 0.05) is 11.6 Å². The summed E-state index contributed by atoms with van der Waals surface area (Å²) in [5.41, 5.74) is 16.3. The van der Waals surface area contributed by atoms with E-state index in [0.717, 1.165) is 19.3 Å². The van der Waals surface area contributed by atoms with Gasteiger partial charge >= 0.3 is 0 Å². The van der Waals surface area contributed by atoms with E-state index in [4.69, 9.17) is 11.5 Å². The molecule has 0 spiro atoms. The molecule has 120 valence electrons. The third kappa shape index (κ3) is 4.10. The van der Waals surface area contributed by atoms with Gasteiger partial charge in [0.05, 0.1) is 0 Å². The van der Waals surface area contributed by atoms with Gasteiger partial charge < -0.3 is 11.5 Å². The minimum absolute atomic E-state index is 0.111. The summed E-state index contributed by atoms with van der Waals surface area (Å²) in [7, 11) is 0. The molecule has 0 bridgehead atoms. The van der Waals surface area contributed by atoms with E-state index in [9.17, 15) is 0 Å². The van der Waals surface area contributed by atoms with E-state index in [1.807, 2.05) is 6.07 Å². The van der Waals surface area contributed by atoms with Crippen molar-refractivity contribution >= 4 is 12.2 Å². The second-order valence-corrected chi connectivity index (χ2v) is 6.75. The lowest BCUT2D eigenvalue weighted by Crippen LogP contribution is -2.58. The van der Waals surface area contributed by atoms with Gasteiger partial charge in [0.15, 0.2) is 0 Å². The maximum Gasteiger partial charge on any atom is 0.0348 e. The molecule has 2 unspecified atom stereocenters. The fourth-order valence-corrected chi connectivity index (χ4v) is 3.45. The van der Waals surface area contributed by atoms with E-state index in [2.05, 4.69) is 60.7 Å². The van der Waals surface area contributed by atoms with Crippen molar-refractivity contribution < 1.29 is 0 Å². The molecule has 0 saturated heterocycles. The molecule has 0 heterocycles. The minimum atomic E-state index is -0.250. The smallest absolute Gasteiger partial charge is 0.0348 e. The molecule has 2 heteroatoms. The molecule has 1 aliphatic carbocycles. The molecule has 1 aliphatic rings. The van der Waals surface area contributed by atoms with Crippen molar-refractivity contribution in [3.05, 3.63) is 71.3 Å². The molecule has 2 aromatic carbocycles. The largest absolute Gasteiger partial charge is 0.326 e. The first-order valence-electron chi connectivity index (χ1n) is 8.52. The maximum absolute atomic E-state index is 6.61. The van der Waals surface area contributed by atoms with E-state index < -0.39 is 0 Å². The lowest BCUT2D eigenvalue weighted by Gasteiger charge is -2.39. The maximum atomic E-state index is 6.61. The molecule has 4 N–H and O–H groups in total. The topological polar surface area (TPSA) is 52.0 Å². The highest BCUT2D eigenvalue weighted by molar-refractivity contribution is 5.69. The van der Waals surface area contributed by atoms with Crippen LogP contribution in [0.1, 0.15) is 42.4 Å². The number of hydrogen-bond acceptors (Lipinski definition) is 2. The Balaban J connectivity index is 1.73. The first kappa shape index (κ1) is 16.0. The molecule has 2 aromatic rings. The van der Waals surface area contributed by atoms with Crippen LogP contribution < -0.4 is 11.5 Å². The predicted octanol–water partition coefficient (Wildman–Crippen LogP) is 4.00. The SMILES string of the molecule is NC1CCCCC1(N)Cc1cccc(C=Cc2ccccc2)c1. The molecular formula is C21H26N2. The lowest BCUT2D eigenvalue weighted by atomic mass is 9.75. The zero-order valence-corrected chi connectivity index (χ0v) is 13.6. The average Bonchev–Trinajstić information content (AvgIpc) is 2.57. The van der Waals surface area contributed by atoms with E-state index in [1.165, 1.54) is 29.5 Å². The summed E-state index contributed by atoms with van der Waals surface area (Å²) in [6, 6.07) is 19.1. The van der Waals surface area contributed by atoms with E-state index >= 15 is 0 Å². The average molecular weight is 306 g/mol. The quantitative estimate of drug-likeness (QED) is 0.839. The molecule has 1 saturated carbocycles. The summed E-state index contributed by atoms with van der Waals surface area (Å²) in [5, 5.41) is 0. The van der Waals surface area contributed by atoms with E-state index in [1.54, 1.807) is 0 Å².